The monoisotopic (exact) mass is 440 g/mol. The normalized spacial score (nSPS) is 24.9. The van der Waals surface area contributed by atoms with Gasteiger partial charge in [0, 0.05) is 50.7 Å². The third-order valence-electron chi connectivity index (χ3n) is 6.18. The summed E-state index contributed by atoms with van der Waals surface area (Å²) in [6.45, 7) is 7.59. The van der Waals surface area contributed by atoms with Crippen LogP contribution in [0, 0.1) is 11.4 Å². The molecule has 2 aliphatic heterocycles. The van der Waals surface area contributed by atoms with Gasteiger partial charge < -0.3 is 14.5 Å². The number of hydrogen-bond acceptors (Lipinski definition) is 5. The van der Waals surface area contributed by atoms with Gasteiger partial charge in [-0.1, -0.05) is 0 Å². The zero-order valence-corrected chi connectivity index (χ0v) is 17.3. The Morgan fingerprint density at radius 1 is 1.33 bits per heavy atom. The summed E-state index contributed by atoms with van der Waals surface area (Å²) < 4.78 is 19.4. The number of carbonyl (C=O) groups is 1. The van der Waals surface area contributed by atoms with Gasteiger partial charge in [-0.05, 0) is 54.2 Å². The van der Waals surface area contributed by atoms with Gasteiger partial charge in [-0.3, -0.25) is 4.90 Å². The van der Waals surface area contributed by atoms with Gasteiger partial charge >= 0.3 is 6.09 Å². The minimum absolute atomic E-state index is 0.173. The molecule has 1 aromatic heterocycles. The van der Waals surface area contributed by atoms with Crippen LogP contribution in [0.2, 0.25) is 0 Å². The SMILES string of the molecule is CCOC(=O)N1CC2(CC[C@@H](N3CCN(c4nc(F)ccc4Br)CC3)C2)C1. The van der Waals surface area contributed by atoms with Crippen LogP contribution in [-0.4, -0.2) is 72.8 Å². The second-order valence-electron chi connectivity index (χ2n) is 7.91. The number of rotatable bonds is 3. The summed E-state index contributed by atoms with van der Waals surface area (Å²) in [5, 5.41) is 0. The van der Waals surface area contributed by atoms with Crippen molar-refractivity contribution in [1.82, 2.24) is 14.8 Å². The average molecular weight is 441 g/mol. The summed E-state index contributed by atoms with van der Waals surface area (Å²) in [5.41, 5.74) is 0.293. The number of hydrogen-bond donors (Lipinski definition) is 0. The maximum atomic E-state index is 13.5. The molecule has 1 saturated carbocycles. The second-order valence-corrected chi connectivity index (χ2v) is 8.77. The van der Waals surface area contributed by atoms with E-state index in [1.54, 1.807) is 6.07 Å². The van der Waals surface area contributed by atoms with Crippen molar-refractivity contribution in [3.05, 3.63) is 22.6 Å². The first-order valence-electron chi connectivity index (χ1n) is 9.72. The predicted molar refractivity (Wildman–Crippen MR) is 104 cm³/mol. The van der Waals surface area contributed by atoms with Crippen molar-refractivity contribution in [3.63, 3.8) is 0 Å². The topological polar surface area (TPSA) is 48.9 Å². The molecule has 1 spiro atoms. The van der Waals surface area contributed by atoms with Crippen molar-refractivity contribution in [3.8, 4) is 0 Å². The van der Waals surface area contributed by atoms with Crippen LogP contribution in [0.15, 0.2) is 16.6 Å². The van der Waals surface area contributed by atoms with Gasteiger partial charge in [0.15, 0.2) is 0 Å². The molecule has 0 bridgehead atoms. The number of anilines is 1. The summed E-state index contributed by atoms with van der Waals surface area (Å²) in [6, 6.07) is 3.68. The van der Waals surface area contributed by atoms with Crippen molar-refractivity contribution in [2.45, 2.75) is 32.2 Å². The van der Waals surface area contributed by atoms with Gasteiger partial charge in [-0.25, -0.2) is 9.78 Å². The minimum atomic E-state index is -0.440. The van der Waals surface area contributed by atoms with Gasteiger partial charge in [-0.2, -0.15) is 4.39 Å². The van der Waals surface area contributed by atoms with E-state index >= 15 is 0 Å². The third kappa shape index (κ3) is 3.78. The summed E-state index contributed by atoms with van der Waals surface area (Å²) in [6.07, 6.45) is 3.36. The number of carbonyl (C=O) groups excluding carboxylic acids is 1. The lowest BCUT2D eigenvalue weighted by Crippen LogP contribution is -2.58. The average Bonchev–Trinajstić information content (AvgIpc) is 3.09. The van der Waals surface area contributed by atoms with Crippen molar-refractivity contribution >= 4 is 27.8 Å². The molecule has 148 valence electrons. The third-order valence-corrected chi connectivity index (χ3v) is 6.80. The molecule has 0 N–H and O–H groups in total. The Kier molecular flexibility index (Phi) is 5.29. The lowest BCUT2D eigenvalue weighted by molar-refractivity contribution is -0.00294. The molecule has 27 heavy (non-hydrogen) atoms. The van der Waals surface area contributed by atoms with Gasteiger partial charge in [0.1, 0.15) is 5.82 Å². The molecule has 3 fully saturated rings. The number of likely N-dealkylation sites (tertiary alicyclic amines) is 1. The van der Waals surface area contributed by atoms with E-state index in [4.69, 9.17) is 4.74 Å². The van der Waals surface area contributed by atoms with Crippen LogP contribution in [0.1, 0.15) is 26.2 Å². The zero-order valence-electron chi connectivity index (χ0n) is 15.7. The number of ether oxygens (including phenoxy) is 1. The molecule has 0 radical (unpaired) electrons. The van der Waals surface area contributed by atoms with Crippen LogP contribution >= 0.6 is 15.9 Å². The van der Waals surface area contributed by atoms with E-state index in [0.29, 0.717) is 23.9 Å². The first-order chi connectivity index (χ1) is 13.0. The highest BCUT2D eigenvalue weighted by molar-refractivity contribution is 9.10. The highest BCUT2D eigenvalue weighted by Gasteiger charge is 2.51. The number of nitrogens with zero attached hydrogens (tertiary/aromatic N) is 4. The van der Waals surface area contributed by atoms with Gasteiger partial charge in [0.25, 0.3) is 0 Å². The molecule has 6 nitrogen and oxygen atoms in total. The molecule has 1 aromatic rings. The fraction of sp³-hybridized carbons (Fsp3) is 0.684. The van der Waals surface area contributed by atoms with Crippen LogP contribution in [-0.2, 0) is 4.74 Å². The lowest BCUT2D eigenvalue weighted by atomic mass is 9.78. The molecule has 8 heteroatoms. The highest BCUT2D eigenvalue weighted by atomic mass is 79.9. The molecule has 3 aliphatic rings. The van der Waals surface area contributed by atoms with Crippen LogP contribution in [0.25, 0.3) is 0 Å². The minimum Gasteiger partial charge on any atom is -0.450 e. The van der Waals surface area contributed by atoms with Crippen molar-refractivity contribution < 1.29 is 13.9 Å². The van der Waals surface area contributed by atoms with Gasteiger partial charge in [0.05, 0.1) is 11.1 Å². The van der Waals surface area contributed by atoms with Crippen molar-refractivity contribution in [2.75, 3.05) is 50.8 Å². The van der Waals surface area contributed by atoms with E-state index in [0.717, 1.165) is 50.2 Å². The Morgan fingerprint density at radius 2 is 2.07 bits per heavy atom. The Bertz CT molecular complexity index is 705. The summed E-state index contributed by atoms with van der Waals surface area (Å²) in [5.74, 6) is 0.256. The number of amides is 1. The highest BCUT2D eigenvalue weighted by Crippen LogP contribution is 2.47. The lowest BCUT2D eigenvalue weighted by Gasteiger charge is -2.48. The number of pyridine rings is 1. The summed E-state index contributed by atoms with van der Waals surface area (Å²) in [4.78, 5) is 22.4. The number of halogens is 2. The molecule has 1 atom stereocenters. The van der Waals surface area contributed by atoms with E-state index in [1.165, 1.54) is 18.9 Å². The molecular weight excluding hydrogens is 415 g/mol. The molecular formula is C19H26BrFN4O2. The van der Waals surface area contributed by atoms with Crippen LogP contribution < -0.4 is 4.90 Å². The molecule has 0 unspecified atom stereocenters. The van der Waals surface area contributed by atoms with E-state index < -0.39 is 5.95 Å². The van der Waals surface area contributed by atoms with Gasteiger partial charge in [0.2, 0.25) is 5.95 Å². The number of piperazine rings is 1. The zero-order chi connectivity index (χ0) is 19.0. The van der Waals surface area contributed by atoms with E-state index in [1.807, 2.05) is 11.8 Å². The Balaban J connectivity index is 1.29. The molecule has 2 saturated heterocycles. The van der Waals surface area contributed by atoms with Crippen LogP contribution in [0.3, 0.4) is 0 Å². The van der Waals surface area contributed by atoms with Crippen molar-refractivity contribution in [1.29, 1.82) is 0 Å². The fourth-order valence-electron chi connectivity index (χ4n) is 4.81. The maximum Gasteiger partial charge on any atom is 0.409 e. The summed E-state index contributed by atoms with van der Waals surface area (Å²) >= 11 is 3.48. The molecule has 1 aliphatic carbocycles. The van der Waals surface area contributed by atoms with Crippen LogP contribution in [0.5, 0.6) is 0 Å². The van der Waals surface area contributed by atoms with E-state index in [-0.39, 0.29) is 6.09 Å². The van der Waals surface area contributed by atoms with Crippen molar-refractivity contribution in [2.24, 2.45) is 5.41 Å². The Morgan fingerprint density at radius 3 is 2.78 bits per heavy atom. The largest absolute Gasteiger partial charge is 0.450 e. The number of aromatic nitrogens is 1. The molecule has 1 amide bonds. The van der Waals surface area contributed by atoms with E-state index in [9.17, 15) is 9.18 Å². The quantitative estimate of drug-likeness (QED) is 0.675. The second kappa shape index (κ2) is 7.54. The maximum absolute atomic E-state index is 13.5. The first-order valence-corrected chi connectivity index (χ1v) is 10.5. The fourth-order valence-corrected chi connectivity index (χ4v) is 5.28. The Hall–Kier alpha value is -1.41. The summed E-state index contributed by atoms with van der Waals surface area (Å²) in [7, 11) is 0. The first kappa shape index (κ1) is 18.9. The van der Waals surface area contributed by atoms with Crippen LogP contribution in [0.4, 0.5) is 15.0 Å². The molecule has 4 rings (SSSR count). The standard InChI is InChI=1S/C19H26BrFN4O2/c1-2-27-18(26)25-12-19(13-25)6-5-14(11-19)23-7-9-24(10-8-23)17-15(20)3-4-16(21)22-17/h3-4,14H,2,5-13H2,1H3/t14-/m1/s1. The smallest absolute Gasteiger partial charge is 0.409 e. The van der Waals surface area contributed by atoms with E-state index in [2.05, 4.69) is 30.7 Å². The molecule has 3 heterocycles. The predicted octanol–water partition coefficient (Wildman–Crippen LogP) is 3.12. The molecule has 0 aromatic carbocycles. The Labute approximate surface area is 167 Å². The van der Waals surface area contributed by atoms with Gasteiger partial charge in [-0.15, -0.1) is 0 Å².